The molecule has 0 saturated heterocycles. The van der Waals surface area contributed by atoms with E-state index in [1.54, 1.807) is 55.5 Å². The van der Waals surface area contributed by atoms with E-state index >= 15 is 0 Å². The van der Waals surface area contributed by atoms with Crippen molar-refractivity contribution in [3.05, 3.63) is 65.2 Å². The maximum absolute atomic E-state index is 12.4. The topological polar surface area (TPSA) is 67.4 Å². The first-order valence-electron chi connectivity index (χ1n) is 7.78. The molecule has 130 valence electrons. The van der Waals surface area contributed by atoms with Crippen LogP contribution < -0.4 is 15.4 Å². The van der Waals surface area contributed by atoms with E-state index in [0.29, 0.717) is 40.2 Å². The summed E-state index contributed by atoms with van der Waals surface area (Å²) in [5.41, 5.74) is 1.72. The minimum absolute atomic E-state index is 0.0810. The Hall–Kier alpha value is -2.60. The lowest BCUT2D eigenvalue weighted by Gasteiger charge is -2.10. The fourth-order valence-corrected chi connectivity index (χ4v) is 2.53. The summed E-state index contributed by atoms with van der Waals surface area (Å²) in [5.74, 6) is 0.304. The van der Waals surface area contributed by atoms with Crippen LogP contribution in [-0.4, -0.2) is 18.4 Å². The Morgan fingerprint density at radius 1 is 1.16 bits per heavy atom. The second-order valence-electron chi connectivity index (χ2n) is 5.18. The third kappa shape index (κ3) is 5.46. The summed E-state index contributed by atoms with van der Waals surface area (Å²) in [7, 11) is 0. The van der Waals surface area contributed by atoms with Gasteiger partial charge in [-0.2, -0.15) is 0 Å². The van der Waals surface area contributed by atoms with Gasteiger partial charge in [-0.1, -0.05) is 25.6 Å². The minimum atomic E-state index is -0.255. The van der Waals surface area contributed by atoms with Gasteiger partial charge in [0.15, 0.2) is 0 Å². The first-order valence-corrected chi connectivity index (χ1v) is 8.57. The van der Waals surface area contributed by atoms with Crippen molar-refractivity contribution in [1.82, 2.24) is 0 Å². The molecule has 0 unspecified atom stereocenters. The predicted octanol–water partition coefficient (Wildman–Crippen LogP) is 4.61. The average molecular weight is 403 g/mol. The van der Waals surface area contributed by atoms with Crippen LogP contribution in [0.4, 0.5) is 11.4 Å². The van der Waals surface area contributed by atoms with Gasteiger partial charge in [0, 0.05) is 23.4 Å². The molecule has 0 spiro atoms. The molecule has 2 amide bonds. The highest BCUT2D eigenvalue weighted by Crippen LogP contribution is 2.26. The van der Waals surface area contributed by atoms with E-state index in [9.17, 15) is 9.59 Å². The summed E-state index contributed by atoms with van der Waals surface area (Å²) in [6, 6.07) is 12.1. The van der Waals surface area contributed by atoms with E-state index in [1.807, 2.05) is 0 Å². The van der Waals surface area contributed by atoms with E-state index < -0.39 is 0 Å². The molecule has 0 aliphatic heterocycles. The summed E-state index contributed by atoms with van der Waals surface area (Å²) >= 11 is 3.39. The number of rotatable bonds is 7. The van der Waals surface area contributed by atoms with Gasteiger partial charge >= 0.3 is 0 Å². The smallest absolute Gasteiger partial charge is 0.255 e. The van der Waals surface area contributed by atoms with Crippen LogP contribution >= 0.6 is 15.9 Å². The predicted molar refractivity (Wildman–Crippen MR) is 103 cm³/mol. The normalized spacial score (nSPS) is 10.0. The largest absolute Gasteiger partial charge is 0.488 e. The second kappa shape index (κ2) is 9.03. The highest BCUT2D eigenvalue weighted by atomic mass is 79.9. The summed E-state index contributed by atoms with van der Waals surface area (Å²) in [6.07, 6.45) is 2.04. The summed E-state index contributed by atoms with van der Waals surface area (Å²) in [6.45, 7) is 5.77. The zero-order valence-corrected chi connectivity index (χ0v) is 15.4. The fraction of sp³-hybridized carbons (Fsp3) is 0.158. The van der Waals surface area contributed by atoms with Crippen LogP contribution in [0, 0.1) is 0 Å². The Bertz CT molecular complexity index is 790. The number of anilines is 2. The van der Waals surface area contributed by atoms with Crippen LogP contribution in [0.5, 0.6) is 5.75 Å². The molecule has 2 aromatic rings. The standard InChI is InChI=1S/C19H19BrN2O3/c1-3-10-25-17-9-8-13(11-16(17)20)19(24)22-15-7-5-6-14(12-15)21-18(23)4-2/h3,5-9,11-12H,1,4,10H2,2H3,(H,21,23)(H,22,24). The van der Waals surface area contributed by atoms with Gasteiger partial charge < -0.3 is 15.4 Å². The third-order valence-corrected chi connectivity index (χ3v) is 3.90. The number of ether oxygens (including phenoxy) is 1. The molecule has 5 nitrogen and oxygen atoms in total. The van der Waals surface area contributed by atoms with Crippen LogP contribution in [0.1, 0.15) is 23.7 Å². The molecule has 0 saturated carbocycles. The maximum atomic E-state index is 12.4. The zero-order valence-electron chi connectivity index (χ0n) is 13.8. The number of hydrogen-bond acceptors (Lipinski definition) is 3. The zero-order chi connectivity index (χ0) is 18.2. The minimum Gasteiger partial charge on any atom is -0.488 e. The molecule has 2 aromatic carbocycles. The van der Waals surface area contributed by atoms with E-state index in [-0.39, 0.29) is 11.8 Å². The Morgan fingerprint density at radius 2 is 1.88 bits per heavy atom. The molecule has 25 heavy (non-hydrogen) atoms. The number of carbonyl (C=O) groups excluding carboxylic acids is 2. The van der Waals surface area contributed by atoms with Gasteiger partial charge in [-0.3, -0.25) is 9.59 Å². The number of hydrogen-bond donors (Lipinski definition) is 2. The molecule has 0 fully saturated rings. The number of halogens is 1. The van der Waals surface area contributed by atoms with Crippen molar-refractivity contribution in [2.24, 2.45) is 0 Å². The van der Waals surface area contributed by atoms with Gasteiger partial charge in [-0.15, -0.1) is 0 Å². The Balaban J connectivity index is 2.09. The van der Waals surface area contributed by atoms with Crippen LogP contribution in [0.25, 0.3) is 0 Å². The van der Waals surface area contributed by atoms with Crippen molar-refractivity contribution in [2.75, 3.05) is 17.2 Å². The number of carbonyl (C=O) groups is 2. The van der Waals surface area contributed by atoms with Gasteiger partial charge in [-0.05, 0) is 52.3 Å². The molecular weight excluding hydrogens is 384 g/mol. The van der Waals surface area contributed by atoms with Crippen LogP contribution in [0.3, 0.4) is 0 Å². The summed E-state index contributed by atoms with van der Waals surface area (Å²) < 4.78 is 6.15. The van der Waals surface area contributed by atoms with Crippen molar-refractivity contribution >= 4 is 39.1 Å². The van der Waals surface area contributed by atoms with Crippen molar-refractivity contribution in [1.29, 1.82) is 0 Å². The number of nitrogens with one attached hydrogen (secondary N) is 2. The SMILES string of the molecule is C=CCOc1ccc(C(=O)Nc2cccc(NC(=O)CC)c2)cc1Br. The molecule has 0 bridgehead atoms. The van der Waals surface area contributed by atoms with E-state index in [4.69, 9.17) is 4.74 Å². The highest BCUT2D eigenvalue weighted by Gasteiger charge is 2.10. The molecule has 0 aliphatic rings. The van der Waals surface area contributed by atoms with Gasteiger partial charge in [-0.25, -0.2) is 0 Å². The van der Waals surface area contributed by atoms with Crippen molar-refractivity contribution in [3.63, 3.8) is 0 Å². The molecular formula is C19H19BrN2O3. The van der Waals surface area contributed by atoms with Gasteiger partial charge in [0.1, 0.15) is 12.4 Å². The molecule has 6 heteroatoms. The molecule has 0 aliphatic carbocycles. The van der Waals surface area contributed by atoms with Crippen molar-refractivity contribution in [2.45, 2.75) is 13.3 Å². The fourth-order valence-electron chi connectivity index (χ4n) is 2.04. The molecule has 2 N–H and O–H groups in total. The van der Waals surface area contributed by atoms with Gasteiger partial charge in [0.05, 0.1) is 4.47 Å². The van der Waals surface area contributed by atoms with Crippen molar-refractivity contribution in [3.8, 4) is 5.75 Å². The number of benzene rings is 2. The van der Waals surface area contributed by atoms with E-state index in [1.165, 1.54) is 0 Å². The van der Waals surface area contributed by atoms with Gasteiger partial charge in [0.2, 0.25) is 5.91 Å². The lowest BCUT2D eigenvalue weighted by molar-refractivity contribution is -0.115. The van der Waals surface area contributed by atoms with E-state index in [2.05, 4.69) is 33.1 Å². The van der Waals surface area contributed by atoms with Crippen LogP contribution in [0.15, 0.2) is 59.6 Å². The lowest BCUT2D eigenvalue weighted by atomic mass is 10.2. The Kier molecular flexibility index (Phi) is 6.77. The average Bonchev–Trinajstić information content (AvgIpc) is 2.60. The molecule has 0 radical (unpaired) electrons. The molecule has 0 heterocycles. The molecule has 2 rings (SSSR count). The van der Waals surface area contributed by atoms with Crippen LogP contribution in [-0.2, 0) is 4.79 Å². The summed E-state index contributed by atoms with van der Waals surface area (Å²) in [4.78, 5) is 23.9. The van der Waals surface area contributed by atoms with Gasteiger partial charge in [0.25, 0.3) is 5.91 Å². The first-order chi connectivity index (χ1) is 12.0. The number of amides is 2. The van der Waals surface area contributed by atoms with E-state index in [0.717, 1.165) is 0 Å². The molecule has 0 atom stereocenters. The quantitative estimate of drug-likeness (QED) is 0.664. The molecule has 0 aromatic heterocycles. The monoisotopic (exact) mass is 402 g/mol. The lowest BCUT2D eigenvalue weighted by Crippen LogP contribution is -2.13. The summed E-state index contributed by atoms with van der Waals surface area (Å²) in [5, 5.41) is 5.57. The Morgan fingerprint density at radius 3 is 2.52 bits per heavy atom. The maximum Gasteiger partial charge on any atom is 0.255 e. The van der Waals surface area contributed by atoms with Crippen LogP contribution in [0.2, 0.25) is 0 Å². The second-order valence-corrected chi connectivity index (χ2v) is 6.04. The first kappa shape index (κ1) is 18.7. The Labute approximate surface area is 155 Å². The highest BCUT2D eigenvalue weighted by molar-refractivity contribution is 9.10. The third-order valence-electron chi connectivity index (χ3n) is 3.28. The van der Waals surface area contributed by atoms with Crippen molar-refractivity contribution < 1.29 is 14.3 Å².